The molecule has 0 saturated heterocycles. The molecule has 2 aromatic carbocycles. The largest absolute Gasteiger partial charge is 0.465 e. The summed E-state index contributed by atoms with van der Waals surface area (Å²) in [6.45, 7) is 0. The van der Waals surface area contributed by atoms with Crippen LogP contribution in [0.5, 0.6) is 0 Å². The van der Waals surface area contributed by atoms with E-state index >= 15 is 0 Å². The lowest BCUT2D eigenvalue weighted by Crippen LogP contribution is -2.14. The molecule has 0 aliphatic rings. The fourth-order valence-electron chi connectivity index (χ4n) is 1.92. The van der Waals surface area contributed by atoms with Crippen molar-refractivity contribution in [3.05, 3.63) is 67.7 Å². The standard InChI is InChI=1S/C15H10Cl2N2O5/c1-24-15(21)11-7-9(3-5-12(11)17)18-14(20)10-4-2-8(16)6-13(10)19(22)23/h2-7H,1H3,(H,18,20). The van der Waals surface area contributed by atoms with Gasteiger partial charge >= 0.3 is 5.97 Å². The van der Waals surface area contributed by atoms with E-state index in [1.54, 1.807) is 0 Å². The second-order valence-corrected chi connectivity index (χ2v) is 5.40. The van der Waals surface area contributed by atoms with E-state index in [0.29, 0.717) is 0 Å². The number of amides is 1. The molecule has 0 unspecified atom stereocenters. The molecule has 0 spiro atoms. The molecule has 0 aliphatic carbocycles. The summed E-state index contributed by atoms with van der Waals surface area (Å²) in [5, 5.41) is 13.8. The van der Waals surface area contributed by atoms with Crippen LogP contribution in [0.25, 0.3) is 0 Å². The number of hydrogen-bond acceptors (Lipinski definition) is 5. The Morgan fingerprint density at radius 1 is 1.12 bits per heavy atom. The molecule has 0 heterocycles. The van der Waals surface area contributed by atoms with Gasteiger partial charge in [-0.05, 0) is 30.3 Å². The van der Waals surface area contributed by atoms with Crippen molar-refractivity contribution >= 4 is 46.5 Å². The van der Waals surface area contributed by atoms with Crippen molar-refractivity contribution in [3.8, 4) is 0 Å². The van der Waals surface area contributed by atoms with E-state index in [0.717, 1.165) is 6.07 Å². The van der Waals surface area contributed by atoms with Gasteiger partial charge in [0.1, 0.15) is 5.56 Å². The van der Waals surface area contributed by atoms with Crippen LogP contribution in [0.1, 0.15) is 20.7 Å². The maximum atomic E-state index is 12.3. The average molecular weight is 369 g/mol. The monoisotopic (exact) mass is 368 g/mol. The number of nitro groups is 1. The lowest BCUT2D eigenvalue weighted by molar-refractivity contribution is -0.385. The smallest absolute Gasteiger partial charge is 0.339 e. The van der Waals surface area contributed by atoms with Crippen molar-refractivity contribution in [1.82, 2.24) is 0 Å². The molecule has 2 aromatic rings. The highest BCUT2D eigenvalue weighted by molar-refractivity contribution is 6.33. The van der Waals surface area contributed by atoms with Crippen molar-refractivity contribution in [2.24, 2.45) is 0 Å². The molecular weight excluding hydrogens is 359 g/mol. The third kappa shape index (κ3) is 3.81. The zero-order valence-corrected chi connectivity index (χ0v) is 13.7. The molecule has 1 N–H and O–H groups in total. The number of halogens is 2. The van der Waals surface area contributed by atoms with Gasteiger partial charge in [0.05, 0.1) is 22.6 Å². The van der Waals surface area contributed by atoms with Crippen LogP contribution in [0.3, 0.4) is 0 Å². The lowest BCUT2D eigenvalue weighted by Gasteiger charge is -2.08. The van der Waals surface area contributed by atoms with Crippen LogP contribution in [-0.2, 0) is 4.74 Å². The molecule has 0 fully saturated rings. The SMILES string of the molecule is COC(=O)c1cc(NC(=O)c2ccc(Cl)cc2[N+](=O)[O-])ccc1Cl. The number of nitro benzene ring substituents is 1. The molecule has 0 aromatic heterocycles. The van der Waals surface area contributed by atoms with E-state index in [4.69, 9.17) is 23.2 Å². The van der Waals surface area contributed by atoms with Crippen molar-refractivity contribution in [3.63, 3.8) is 0 Å². The number of hydrogen-bond donors (Lipinski definition) is 1. The third-order valence-corrected chi connectivity index (χ3v) is 3.60. The van der Waals surface area contributed by atoms with Gasteiger partial charge < -0.3 is 10.1 Å². The number of methoxy groups -OCH3 is 1. The molecule has 24 heavy (non-hydrogen) atoms. The second-order valence-electron chi connectivity index (χ2n) is 4.56. The number of anilines is 1. The third-order valence-electron chi connectivity index (χ3n) is 3.03. The Hall–Kier alpha value is -2.64. The lowest BCUT2D eigenvalue weighted by atomic mass is 10.1. The van der Waals surface area contributed by atoms with Crippen LogP contribution in [0.2, 0.25) is 10.0 Å². The van der Waals surface area contributed by atoms with E-state index in [1.165, 1.54) is 37.4 Å². The minimum Gasteiger partial charge on any atom is -0.465 e. The molecule has 7 nitrogen and oxygen atoms in total. The van der Waals surface area contributed by atoms with E-state index in [9.17, 15) is 19.7 Å². The van der Waals surface area contributed by atoms with Crippen LogP contribution >= 0.6 is 23.2 Å². The summed E-state index contributed by atoms with van der Waals surface area (Å²) < 4.78 is 4.59. The first-order chi connectivity index (χ1) is 11.3. The molecular formula is C15H10Cl2N2O5. The predicted octanol–water partition coefficient (Wildman–Crippen LogP) is 3.94. The van der Waals surface area contributed by atoms with Crippen LogP contribution in [0.4, 0.5) is 11.4 Å². The number of benzene rings is 2. The second kappa shape index (κ2) is 7.29. The number of nitrogens with one attached hydrogen (secondary N) is 1. The van der Waals surface area contributed by atoms with Crippen LogP contribution in [0.15, 0.2) is 36.4 Å². The van der Waals surface area contributed by atoms with Crippen molar-refractivity contribution in [2.75, 3.05) is 12.4 Å². The molecule has 0 atom stereocenters. The average Bonchev–Trinajstić information content (AvgIpc) is 2.55. The summed E-state index contributed by atoms with van der Waals surface area (Å²) >= 11 is 11.6. The normalized spacial score (nSPS) is 10.1. The van der Waals surface area contributed by atoms with Crippen LogP contribution in [-0.4, -0.2) is 23.9 Å². The number of esters is 1. The minimum atomic E-state index is -0.725. The Balaban J connectivity index is 2.34. The van der Waals surface area contributed by atoms with Gasteiger partial charge in [0.15, 0.2) is 0 Å². The van der Waals surface area contributed by atoms with Gasteiger partial charge in [-0.2, -0.15) is 0 Å². The number of carbonyl (C=O) groups is 2. The Kier molecular flexibility index (Phi) is 5.38. The predicted molar refractivity (Wildman–Crippen MR) is 88.9 cm³/mol. The highest BCUT2D eigenvalue weighted by atomic mass is 35.5. The quantitative estimate of drug-likeness (QED) is 0.500. The van der Waals surface area contributed by atoms with Gasteiger partial charge in [0, 0.05) is 16.8 Å². The summed E-state index contributed by atoms with van der Waals surface area (Å²) in [7, 11) is 1.20. The van der Waals surface area contributed by atoms with Crippen LogP contribution < -0.4 is 5.32 Å². The molecule has 1 amide bonds. The van der Waals surface area contributed by atoms with Gasteiger partial charge in [-0.3, -0.25) is 14.9 Å². The van der Waals surface area contributed by atoms with Gasteiger partial charge in [0.2, 0.25) is 0 Å². The Bertz CT molecular complexity index is 839. The molecule has 0 bridgehead atoms. The Morgan fingerprint density at radius 3 is 2.46 bits per heavy atom. The molecule has 9 heteroatoms. The Morgan fingerprint density at radius 2 is 1.83 bits per heavy atom. The highest BCUT2D eigenvalue weighted by Gasteiger charge is 2.21. The van der Waals surface area contributed by atoms with Crippen molar-refractivity contribution in [1.29, 1.82) is 0 Å². The fourth-order valence-corrected chi connectivity index (χ4v) is 2.28. The number of ether oxygens (including phenoxy) is 1. The molecule has 124 valence electrons. The van der Waals surface area contributed by atoms with Crippen molar-refractivity contribution < 1.29 is 19.2 Å². The van der Waals surface area contributed by atoms with Gasteiger partial charge in [0.25, 0.3) is 11.6 Å². The number of nitrogens with zero attached hydrogens (tertiary/aromatic N) is 1. The van der Waals surface area contributed by atoms with Gasteiger partial charge in [-0.15, -0.1) is 0 Å². The highest BCUT2D eigenvalue weighted by Crippen LogP contribution is 2.26. The topological polar surface area (TPSA) is 98.5 Å². The Labute approximate surface area is 146 Å². The molecule has 2 rings (SSSR count). The first-order valence-electron chi connectivity index (χ1n) is 6.46. The van der Waals surface area contributed by atoms with Gasteiger partial charge in [-0.25, -0.2) is 4.79 Å². The summed E-state index contributed by atoms with van der Waals surface area (Å²) in [4.78, 5) is 34.2. The summed E-state index contributed by atoms with van der Waals surface area (Å²) in [5.41, 5.74) is -0.308. The summed E-state index contributed by atoms with van der Waals surface area (Å²) in [6, 6.07) is 7.86. The zero-order chi connectivity index (χ0) is 17.9. The molecule has 0 aliphatic heterocycles. The van der Waals surface area contributed by atoms with E-state index in [1.807, 2.05) is 0 Å². The zero-order valence-electron chi connectivity index (χ0n) is 12.2. The summed E-state index contributed by atoms with van der Waals surface area (Å²) in [6.07, 6.45) is 0. The first kappa shape index (κ1) is 17.7. The maximum Gasteiger partial charge on any atom is 0.339 e. The molecule has 0 radical (unpaired) electrons. The van der Waals surface area contributed by atoms with Gasteiger partial charge in [-0.1, -0.05) is 23.2 Å². The van der Waals surface area contributed by atoms with E-state index in [2.05, 4.69) is 10.1 Å². The maximum absolute atomic E-state index is 12.3. The minimum absolute atomic E-state index is 0.0579. The summed E-state index contributed by atoms with van der Waals surface area (Å²) in [5.74, 6) is -1.40. The molecule has 0 saturated carbocycles. The van der Waals surface area contributed by atoms with Crippen LogP contribution in [0, 0.1) is 10.1 Å². The van der Waals surface area contributed by atoms with E-state index < -0.39 is 22.5 Å². The fraction of sp³-hybridized carbons (Fsp3) is 0.0667. The van der Waals surface area contributed by atoms with Crippen molar-refractivity contribution in [2.45, 2.75) is 0 Å². The number of rotatable bonds is 4. The number of carbonyl (C=O) groups excluding carboxylic acids is 2. The first-order valence-corrected chi connectivity index (χ1v) is 7.22. The van der Waals surface area contributed by atoms with E-state index in [-0.39, 0.29) is 26.9 Å².